The second-order valence-electron chi connectivity index (χ2n) is 5.41. The Bertz CT molecular complexity index is 977. The molecular formula is C17H14N4O3. The maximum Gasteiger partial charge on any atom is 0.376 e. The van der Waals surface area contributed by atoms with Gasteiger partial charge in [-0.05, 0) is 30.7 Å². The van der Waals surface area contributed by atoms with E-state index in [9.17, 15) is 9.59 Å². The van der Waals surface area contributed by atoms with Gasteiger partial charge in [0, 0.05) is 29.3 Å². The molecule has 2 aromatic heterocycles. The number of H-pyrrole nitrogens is 1. The van der Waals surface area contributed by atoms with Gasteiger partial charge in [0.15, 0.2) is 0 Å². The molecule has 0 atom stereocenters. The largest absolute Gasteiger partial charge is 0.460 e. The van der Waals surface area contributed by atoms with E-state index in [1.165, 1.54) is 0 Å². The number of benzene rings is 1. The summed E-state index contributed by atoms with van der Waals surface area (Å²) in [6.45, 7) is 2.48. The number of aromatic amines is 1. The van der Waals surface area contributed by atoms with Crippen LogP contribution in [0.2, 0.25) is 0 Å². The smallest absolute Gasteiger partial charge is 0.376 e. The normalized spacial score (nSPS) is 13.0. The van der Waals surface area contributed by atoms with Gasteiger partial charge in [-0.25, -0.2) is 14.8 Å². The Morgan fingerprint density at radius 3 is 3.00 bits per heavy atom. The van der Waals surface area contributed by atoms with Crippen LogP contribution in [0.25, 0.3) is 22.3 Å². The molecule has 7 heteroatoms. The van der Waals surface area contributed by atoms with E-state index >= 15 is 0 Å². The molecule has 0 unspecified atom stereocenters. The Kier molecular flexibility index (Phi) is 3.26. The van der Waals surface area contributed by atoms with Crippen molar-refractivity contribution in [3.8, 4) is 11.3 Å². The van der Waals surface area contributed by atoms with Crippen LogP contribution in [0.5, 0.6) is 0 Å². The fourth-order valence-corrected chi connectivity index (χ4v) is 2.83. The van der Waals surface area contributed by atoms with Gasteiger partial charge >= 0.3 is 5.97 Å². The van der Waals surface area contributed by atoms with Gasteiger partial charge in [0.25, 0.3) is 5.91 Å². The standard InChI is InChI=1S/C17H14N4O3/c1-2-24-17(23)15-20-13(12-5-6-18-14(12)21-15)9-3-4-11-10(7-9)8-19-16(11)22/h3-7H,2,8H2,1H3,(H,19,22)(H,18,20,21). The maximum absolute atomic E-state index is 12.0. The van der Waals surface area contributed by atoms with E-state index in [0.29, 0.717) is 23.4 Å². The highest BCUT2D eigenvalue weighted by Gasteiger charge is 2.21. The molecule has 0 radical (unpaired) electrons. The number of hydrogen-bond donors (Lipinski definition) is 2. The van der Waals surface area contributed by atoms with Crippen molar-refractivity contribution in [3.63, 3.8) is 0 Å². The highest BCUT2D eigenvalue weighted by atomic mass is 16.5. The number of esters is 1. The zero-order chi connectivity index (χ0) is 16.7. The number of amides is 1. The molecule has 1 aliphatic heterocycles. The van der Waals surface area contributed by atoms with Gasteiger partial charge < -0.3 is 15.0 Å². The number of rotatable bonds is 3. The number of nitrogens with zero attached hydrogens (tertiary/aromatic N) is 2. The second-order valence-corrected chi connectivity index (χ2v) is 5.41. The summed E-state index contributed by atoms with van der Waals surface area (Å²) in [4.78, 5) is 35.3. The van der Waals surface area contributed by atoms with Crippen molar-refractivity contribution in [2.75, 3.05) is 6.61 Å². The number of hydrogen-bond acceptors (Lipinski definition) is 5. The number of carbonyl (C=O) groups excluding carboxylic acids is 2. The van der Waals surface area contributed by atoms with Gasteiger partial charge in [-0.2, -0.15) is 0 Å². The van der Waals surface area contributed by atoms with Crippen molar-refractivity contribution >= 4 is 22.9 Å². The third-order valence-corrected chi connectivity index (χ3v) is 3.94. The van der Waals surface area contributed by atoms with Gasteiger partial charge in [-0.3, -0.25) is 4.79 Å². The number of carbonyl (C=O) groups is 2. The Labute approximate surface area is 137 Å². The Morgan fingerprint density at radius 2 is 2.17 bits per heavy atom. The quantitative estimate of drug-likeness (QED) is 0.719. The summed E-state index contributed by atoms with van der Waals surface area (Å²) < 4.78 is 5.00. The zero-order valence-electron chi connectivity index (χ0n) is 12.9. The molecule has 0 aliphatic carbocycles. The van der Waals surface area contributed by atoms with Crippen LogP contribution in [0.4, 0.5) is 0 Å². The maximum atomic E-state index is 12.0. The van der Waals surface area contributed by atoms with Crippen LogP contribution in [0.3, 0.4) is 0 Å². The summed E-state index contributed by atoms with van der Waals surface area (Å²) in [5, 5.41) is 3.60. The van der Waals surface area contributed by atoms with Crippen molar-refractivity contribution in [3.05, 3.63) is 47.4 Å². The van der Waals surface area contributed by atoms with E-state index in [0.717, 1.165) is 16.5 Å². The first-order valence-corrected chi connectivity index (χ1v) is 7.61. The summed E-state index contributed by atoms with van der Waals surface area (Å²) in [5.41, 5.74) is 3.60. The topological polar surface area (TPSA) is 97.0 Å². The van der Waals surface area contributed by atoms with E-state index in [2.05, 4.69) is 20.3 Å². The first-order valence-electron chi connectivity index (χ1n) is 7.61. The van der Waals surface area contributed by atoms with Crippen LogP contribution in [0, 0.1) is 0 Å². The number of fused-ring (bicyclic) bond motifs is 2. The van der Waals surface area contributed by atoms with Crippen molar-refractivity contribution in [1.82, 2.24) is 20.3 Å². The summed E-state index contributed by atoms with van der Waals surface area (Å²) in [7, 11) is 0. The summed E-state index contributed by atoms with van der Waals surface area (Å²) in [6, 6.07) is 7.37. The van der Waals surface area contributed by atoms with Crippen LogP contribution < -0.4 is 5.32 Å². The molecule has 0 spiro atoms. The molecule has 4 rings (SSSR count). The van der Waals surface area contributed by atoms with Crippen molar-refractivity contribution < 1.29 is 14.3 Å². The van der Waals surface area contributed by atoms with Crippen LogP contribution in [-0.2, 0) is 11.3 Å². The molecule has 7 nitrogen and oxygen atoms in total. The Balaban J connectivity index is 1.88. The molecular weight excluding hydrogens is 308 g/mol. The predicted molar refractivity (Wildman–Crippen MR) is 86.5 cm³/mol. The summed E-state index contributed by atoms with van der Waals surface area (Å²) in [5.74, 6) is -0.622. The zero-order valence-corrected chi connectivity index (χ0v) is 12.9. The highest BCUT2D eigenvalue weighted by molar-refractivity contribution is 6.00. The summed E-state index contributed by atoms with van der Waals surface area (Å²) >= 11 is 0. The molecule has 0 fully saturated rings. The van der Waals surface area contributed by atoms with Gasteiger partial charge in [0.2, 0.25) is 5.82 Å². The minimum absolute atomic E-state index is 0.0106. The highest BCUT2D eigenvalue weighted by Crippen LogP contribution is 2.29. The van der Waals surface area contributed by atoms with E-state index < -0.39 is 5.97 Å². The first kappa shape index (κ1) is 14.4. The van der Waals surface area contributed by atoms with E-state index in [-0.39, 0.29) is 18.3 Å². The third-order valence-electron chi connectivity index (χ3n) is 3.94. The molecule has 0 bridgehead atoms. The Hall–Kier alpha value is -3.22. The van der Waals surface area contributed by atoms with Crippen LogP contribution >= 0.6 is 0 Å². The average molecular weight is 322 g/mol. The number of ether oxygens (including phenoxy) is 1. The van der Waals surface area contributed by atoms with Crippen LogP contribution in [0.15, 0.2) is 30.5 Å². The van der Waals surface area contributed by atoms with E-state index in [4.69, 9.17) is 4.74 Å². The lowest BCUT2D eigenvalue weighted by Crippen LogP contribution is -2.12. The average Bonchev–Trinajstić information content (AvgIpc) is 3.20. The van der Waals surface area contributed by atoms with E-state index in [1.54, 1.807) is 19.2 Å². The van der Waals surface area contributed by atoms with Crippen molar-refractivity contribution in [2.24, 2.45) is 0 Å². The molecule has 1 aliphatic rings. The molecule has 1 aromatic carbocycles. The summed E-state index contributed by atoms with van der Waals surface area (Å²) in [6.07, 6.45) is 1.75. The van der Waals surface area contributed by atoms with Crippen LogP contribution in [-0.4, -0.2) is 33.4 Å². The number of aromatic nitrogens is 3. The molecule has 24 heavy (non-hydrogen) atoms. The third kappa shape index (κ3) is 2.21. The lowest BCUT2D eigenvalue weighted by Gasteiger charge is -2.07. The fraction of sp³-hybridized carbons (Fsp3) is 0.176. The predicted octanol–water partition coefficient (Wildman–Crippen LogP) is 2.04. The second kappa shape index (κ2) is 5.45. The fourth-order valence-electron chi connectivity index (χ4n) is 2.83. The van der Waals surface area contributed by atoms with E-state index in [1.807, 2.05) is 18.2 Å². The first-order chi connectivity index (χ1) is 11.7. The number of nitrogens with one attached hydrogen (secondary N) is 2. The molecule has 3 aromatic rings. The molecule has 0 saturated heterocycles. The monoisotopic (exact) mass is 322 g/mol. The van der Waals surface area contributed by atoms with Gasteiger partial charge in [0.1, 0.15) is 5.65 Å². The van der Waals surface area contributed by atoms with Crippen LogP contribution in [0.1, 0.15) is 33.5 Å². The van der Waals surface area contributed by atoms with Gasteiger partial charge in [0.05, 0.1) is 12.3 Å². The lowest BCUT2D eigenvalue weighted by atomic mass is 10.0. The van der Waals surface area contributed by atoms with Crippen molar-refractivity contribution in [2.45, 2.75) is 13.5 Å². The molecule has 3 heterocycles. The molecule has 1 amide bonds. The molecule has 2 N–H and O–H groups in total. The minimum atomic E-state index is -0.562. The van der Waals surface area contributed by atoms with Gasteiger partial charge in [-0.1, -0.05) is 6.07 Å². The Morgan fingerprint density at radius 1 is 1.29 bits per heavy atom. The molecule has 120 valence electrons. The minimum Gasteiger partial charge on any atom is -0.460 e. The van der Waals surface area contributed by atoms with Gasteiger partial charge in [-0.15, -0.1) is 0 Å². The lowest BCUT2D eigenvalue weighted by molar-refractivity contribution is 0.0512. The SMILES string of the molecule is CCOC(=O)c1nc(-c2ccc3c(c2)CNC3=O)c2cc[nH]c2n1. The van der Waals surface area contributed by atoms with Crippen molar-refractivity contribution in [1.29, 1.82) is 0 Å². The molecule has 0 saturated carbocycles.